The van der Waals surface area contributed by atoms with Gasteiger partial charge in [0.1, 0.15) is 6.23 Å². The lowest BCUT2D eigenvalue weighted by Crippen LogP contribution is -2.65. The Balaban J connectivity index is 1.88. The van der Waals surface area contributed by atoms with E-state index in [0.717, 1.165) is 12.5 Å². The summed E-state index contributed by atoms with van der Waals surface area (Å²) in [7, 11) is 0. The van der Waals surface area contributed by atoms with Crippen LogP contribution in [0.5, 0.6) is 0 Å². The van der Waals surface area contributed by atoms with Crippen LogP contribution < -0.4 is 0 Å². The van der Waals surface area contributed by atoms with Crippen molar-refractivity contribution < 1.29 is 4.74 Å². The molecule has 0 aromatic heterocycles. The van der Waals surface area contributed by atoms with E-state index in [1.165, 1.54) is 24.8 Å². The summed E-state index contributed by atoms with van der Waals surface area (Å²) in [5.74, 6) is 1.97. The first kappa shape index (κ1) is 17.0. The summed E-state index contributed by atoms with van der Waals surface area (Å²) in [4.78, 5) is 2.63. The third kappa shape index (κ3) is 3.34. The first-order chi connectivity index (χ1) is 10.9. The van der Waals surface area contributed by atoms with E-state index in [4.69, 9.17) is 4.74 Å². The Labute approximate surface area is 142 Å². The molecule has 0 unspecified atom stereocenters. The van der Waals surface area contributed by atoms with Gasteiger partial charge in [-0.15, -0.1) is 0 Å². The van der Waals surface area contributed by atoms with Gasteiger partial charge in [0.05, 0.1) is 6.10 Å². The highest BCUT2D eigenvalue weighted by molar-refractivity contribution is 5.16. The van der Waals surface area contributed by atoms with E-state index >= 15 is 0 Å². The topological polar surface area (TPSA) is 12.5 Å². The van der Waals surface area contributed by atoms with Crippen LogP contribution in [0, 0.1) is 17.8 Å². The third-order valence-electron chi connectivity index (χ3n) is 6.09. The van der Waals surface area contributed by atoms with Gasteiger partial charge in [0.15, 0.2) is 0 Å². The van der Waals surface area contributed by atoms with Crippen LogP contribution in [0.15, 0.2) is 30.3 Å². The number of rotatable bonds is 3. The van der Waals surface area contributed by atoms with Crippen molar-refractivity contribution >= 4 is 0 Å². The molecule has 2 fully saturated rings. The van der Waals surface area contributed by atoms with E-state index < -0.39 is 0 Å². The Bertz CT molecular complexity index is 510. The zero-order valence-electron chi connectivity index (χ0n) is 15.5. The van der Waals surface area contributed by atoms with Crippen molar-refractivity contribution in [2.45, 2.75) is 78.3 Å². The molecule has 1 aromatic rings. The van der Waals surface area contributed by atoms with Crippen molar-refractivity contribution in [3.63, 3.8) is 0 Å². The molecular formula is C21H33NO. The van der Waals surface area contributed by atoms with Crippen LogP contribution >= 0.6 is 0 Å². The fourth-order valence-electron chi connectivity index (χ4n) is 4.67. The van der Waals surface area contributed by atoms with Crippen LogP contribution in [-0.2, 0) is 11.3 Å². The summed E-state index contributed by atoms with van der Waals surface area (Å²) >= 11 is 0. The molecule has 0 bridgehead atoms. The maximum Gasteiger partial charge on any atom is 0.114 e. The molecule has 0 radical (unpaired) electrons. The van der Waals surface area contributed by atoms with Crippen LogP contribution in [0.25, 0.3) is 0 Å². The molecule has 1 saturated carbocycles. The van der Waals surface area contributed by atoms with Crippen molar-refractivity contribution in [3.8, 4) is 0 Å². The first-order valence-corrected chi connectivity index (χ1v) is 9.35. The lowest BCUT2D eigenvalue weighted by atomic mass is 9.69. The van der Waals surface area contributed by atoms with E-state index in [9.17, 15) is 0 Å². The van der Waals surface area contributed by atoms with E-state index in [2.05, 4.69) is 69.9 Å². The summed E-state index contributed by atoms with van der Waals surface area (Å²) in [5, 5.41) is 0. The Morgan fingerprint density at radius 3 is 2.52 bits per heavy atom. The number of hydrogen-bond donors (Lipinski definition) is 0. The summed E-state index contributed by atoms with van der Waals surface area (Å²) in [6, 6.07) is 10.9. The Morgan fingerprint density at radius 2 is 1.87 bits per heavy atom. The lowest BCUT2D eigenvalue weighted by molar-refractivity contribution is -0.249. The second-order valence-electron chi connectivity index (χ2n) is 8.60. The molecule has 2 nitrogen and oxygen atoms in total. The molecule has 1 aromatic carbocycles. The molecule has 3 rings (SSSR count). The van der Waals surface area contributed by atoms with Gasteiger partial charge in [-0.3, -0.25) is 4.90 Å². The number of ether oxygens (including phenoxy) is 1. The zero-order chi connectivity index (χ0) is 16.6. The van der Waals surface area contributed by atoms with Crippen LogP contribution in [-0.4, -0.2) is 22.8 Å². The van der Waals surface area contributed by atoms with Crippen molar-refractivity contribution in [2.24, 2.45) is 17.8 Å². The molecule has 1 aliphatic carbocycles. The maximum atomic E-state index is 6.67. The molecular weight excluding hydrogens is 282 g/mol. The molecule has 128 valence electrons. The van der Waals surface area contributed by atoms with Crippen LogP contribution in [0.4, 0.5) is 0 Å². The Morgan fingerprint density at radius 1 is 1.17 bits per heavy atom. The zero-order valence-corrected chi connectivity index (χ0v) is 15.5. The minimum absolute atomic E-state index is 0.188. The van der Waals surface area contributed by atoms with E-state index in [-0.39, 0.29) is 11.8 Å². The van der Waals surface area contributed by atoms with Gasteiger partial charge in [-0.25, -0.2) is 0 Å². The number of hydrogen-bond acceptors (Lipinski definition) is 2. The maximum absolute atomic E-state index is 6.67. The molecule has 0 N–H and O–H groups in total. The SMILES string of the molecule is CC(C)[C@@H]1O[C@@H]2C[C@H](C)CC[C@H]2C(C)(C)N1Cc1ccccc1. The van der Waals surface area contributed by atoms with E-state index in [1.54, 1.807) is 0 Å². The van der Waals surface area contributed by atoms with Gasteiger partial charge in [-0.1, -0.05) is 57.5 Å². The predicted octanol–water partition coefficient (Wildman–Crippen LogP) is 5.08. The Hall–Kier alpha value is -0.860. The Kier molecular flexibility index (Phi) is 4.85. The largest absolute Gasteiger partial charge is 0.359 e. The highest BCUT2D eigenvalue weighted by atomic mass is 16.5. The predicted molar refractivity (Wildman–Crippen MR) is 96.1 cm³/mol. The molecule has 2 aliphatic rings. The number of fused-ring (bicyclic) bond motifs is 1. The van der Waals surface area contributed by atoms with Crippen LogP contribution in [0.2, 0.25) is 0 Å². The fourth-order valence-corrected chi connectivity index (χ4v) is 4.67. The monoisotopic (exact) mass is 315 g/mol. The smallest absolute Gasteiger partial charge is 0.114 e. The quantitative estimate of drug-likeness (QED) is 0.771. The van der Waals surface area contributed by atoms with Gasteiger partial charge in [0.25, 0.3) is 0 Å². The van der Waals surface area contributed by atoms with Crippen LogP contribution in [0.1, 0.15) is 59.4 Å². The standard InChI is InChI=1S/C21H33NO/c1-15(2)20-22(14-17-9-7-6-8-10-17)21(4,5)18-12-11-16(3)13-19(18)23-20/h6-10,15-16,18-20H,11-14H2,1-5H3/t16-,18-,19-,20+/m1/s1. The van der Waals surface area contributed by atoms with Gasteiger partial charge < -0.3 is 4.74 Å². The summed E-state index contributed by atoms with van der Waals surface area (Å²) in [6.07, 6.45) is 4.54. The summed E-state index contributed by atoms with van der Waals surface area (Å²) in [5.41, 5.74) is 1.57. The van der Waals surface area contributed by atoms with E-state index in [0.29, 0.717) is 17.9 Å². The number of benzene rings is 1. The highest BCUT2D eigenvalue weighted by Crippen LogP contribution is 2.46. The number of nitrogens with zero attached hydrogens (tertiary/aromatic N) is 1. The summed E-state index contributed by atoms with van der Waals surface area (Å²) < 4.78 is 6.67. The average Bonchev–Trinajstić information content (AvgIpc) is 2.50. The molecule has 1 saturated heterocycles. The van der Waals surface area contributed by atoms with Crippen molar-refractivity contribution in [1.82, 2.24) is 4.90 Å². The van der Waals surface area contributed by atoms with E-state index in [1.807, 2.05) is 0 Å². The average molecular weight is 316 g/mol. The van der Waals surface area contributed by atoms with Gasteiger partial charge in [0.2, 0.25) is 0 Å². The molecule has 1 heterocycles. The lowest BCUT2D eigenvalue weighted by Gasteiger charge is -2.58. The molecule has 4 atom stereocenters. The highest BCUT2D eigenvalue weighted by Gasteiger charge is 2.50. The normalized spacial score (nSPS) is 34.3. The van der Waals surface area contributed by atoms with Crippen LogP contribution in [0.3, 0.4) is 0 Å². The fraction of sp³-hybridized carbons (Fsp3) is 0.714. The molecule has 23 heavy (non-hydrogen) atoms. The van der Waals surface area contributed by atoms with Gasteiger partial charge in [0, 0.05) is 18.0 Å². The third-order valence-corrected chi connectivity index (χ3v) is 6.09. The second-order valence-corrected chi connectivity index (χ2v) is 8.60. The van der Waals surface area contributed by atoms with Gasteiger partial charge in [-0.2, -0.15) is 0 Å². The van der Waals surface area contributed by atoms with Crippen molar-refractivity contribution in [3.05, 3.63) is 35.9 Å². The molecule has 1 aliphatic heterocycles. The second kappa shape index (κ2) is 6.57. The summed E-state index contributed by atoms with van der Waals surface area (Å²) in [6.45, 7) is 12.8. The molecule has 0 spiro atoms. The van der Waals surface area contributed by atoms with Crippen molar-refractivity contribution in [1.29, 1.82) is 0 Å². The van der Waals surface area contributed by atoms with Crippen molar-refractivity contribution in [2.75, 3.05) is 0 Å². The van der Waals surface area contributed by atoms with Gasteiger partial charge in [-0.05, 0) is 44.1 Å². The minimum atomic E-state index is 0.188. The molecule has 2 heteroatoms. The minimum Gasteiger partial charge on any atom is -0.359 e. The van der Waals surface area contributed by atoms with Gasteiger partial charge >= 0.3 is 0 Å². The first-order valence-electron chi connectivity index (χ1n) is 9.35. The molecule has 0 amide bonds.